The van der Waals surface area contributed by atoms with Crippen LogP contribution >= 0.6 is 0 Å². The largest absolute Gasteiger partial charge is 0.388 e. The van der Waals surface area contributed by atoms with Gasteiger partial charge in [0.05, 0.1) is 5.60 Å². The van der Waals surface area contributed by atoms with Crippen LogP contribution < -0.4 is 0 Å². The van der Waals surface area contributed by atoms with Crippen LogP contribution in [-0.2, 0) is 0 Å². The molecule has 1 aliphatic heterocycles. The first-order chi connectivity index (χ1) is 5.56. The number of hydrogen-bond donors (Lipinski definition) is 1. The van der Waals surface area contributed by atoms with Gasteiger partial charge in [0.15, 0.2) is 0 Å². The number of nitrogens with zero attached hydrogens (tertiary/aromatic N) is 1. The van der Waals surface area contributed by atoms with Crippen LogP contribution in [0.3, 0.4) is 0 Å². The van der Waals surface area contributed by atoms with Crippen molar-refractivity contribution in [1.82, 2.24) is 4.90 Å². The predicted molar refractivity (Wildman–Crippen MR) is 51.1 cm³/mol. The van der Waals surface area contributed by atoms with Crippen molar-refractivity contribution in [3.63, 3.8) is 0 Å². The van der Waals surface area contributed by atoms with Gasteiger partial charge >= 0.3 is 0 Å². The van der Waals surface area contributed by atoms with E-state index in [2.05, 4.69) is 25.7 Å². The Balaban J connectivity index is 2.41. The van der Waals surface area contributed by atoms with E-state index in [0.717, 1.165) is 32.5 Å². The highest BCUT2D eigenvalue weighted by Crippen LogP contribution is 2.27. The Morgan fingerprint density at radius 2 is 2.17 bits per heavy atom. The summed E-state index contributed by atoms with van der Waals surface area (Å²) in [6, 6.07) is 0. The van der Waals surface area contributed by atoms with Gasteiger partial charge in [-0.25, -0.2) is 0 Å². The van der Waals surface area contributed by atoms with Crippen molar-refractivity contribution in [2.45, 2.75) is 39.2 Å². The van der Waals surface area contributed by atoms with Crippen molar-refractivity contribution in [2.75, 3.05) is 19.6 Å². The number of likely N-dealkylation sites (tertiary alicyclic amines) is 1. The van der Waals surface area contributed by atoms with Crippen LogP contribution in [0.4, 0.5) is 0 Å². The van der Waals surface area contributed by atoms with Crippen LogP contribution in [0, 0.1) is 5.92 Å². The second kappa shape index (κ2) is 3.75. The Kier molecular flexibility index (Phi) is 3.13. The van der Waals surface area contributed by atoms with Gasteiger partial charge in [0.1, 0.15) is 0 Å². The second-order valence-corrected chi connectivity index (χ2v) is 4.44. The van der Waals surface area contributed by atoms with Crippen molar-refractivity contribution >= 4 is 0 Å². The SMILES string of the molecule is CCN1CCC(O)(CC(C)C)C1. The zero-order chi connectivity index (χ0) is 9.19. The summed E-state index contributed by atoms with van der Waals surface area (Å²) >= 11 is 0. The first kappa shape index (κ1) is 10.0. The van der Waals surface area contributed by atoms with Gasteiger partial charge in [-0.05, 0) is 25.3 Å². The lowest BCUT2D eigenvalue weighted by atomic mass is 9.92. The van der Waals surface area contributed by atoms with Gasteiger partial charge in [-0.15, -0.1) is 0 Å². The molecule has 0 spiro atoms. The van der Waals surface area contributed by atoms with Crippen LogP contribution in [-0.4, -0.2) is 35.2 Å². The van der Waals surface area contributed by atoms with Crippen molar-refractivity contribution in [1.29, 1.82) is 0 Å². The summed E-state index contributed by atoms with van der Waals surface area (Å²) in [7, 11) is 0. The number of aliphatic hydroxyl groups is 1. The van der Waals surface area contributed by atoms with Gasteiger partial charge in [0.2, 0.25) is 0 Å². The van der Waals surface area contributed by atoms with Gasteiger partial charge in [0, 0.05) is 13.1 Å². The lowest BCUT2D eigenvalue weighted by molar-refractivity contribution is 0.0294. The van der Waals surface area contributed by atoms with Crippen molar-refractivity contribution in [3.8, 4) is 0 Å². The Morgan fingerprint density at radius 1 is 1.50 bits per heavy atom. The molecule has 1 rings (SSSR count). The van der Waals surface area contributed by atoms with E-state index in [0.29, 0.717) is 5.92 Å². The molecule has 2 nitrogen and oxygen atoms in total. The predicted octanol–water partition coefficient (Wildman–Crippen LogP) is 1.49. The fourth-order valence-corrected chi connectivity index (χ4v) is 2.14. The number of β-amino-alcohol motifs (C(OH)–C–C–N with tert-alkyl or cyclic N) is 1. The van der Waals surface area contributed by atoms with Crippen LogP contribution in [0.5, 0.6) is 0 Å². The summed E-state index contributed by atoms with van der Waals surface area (Å²) in [5.74, 6) is 0.604. The normalized spacial score (nSPS) is 31.8. The molecule has 0 aromatic carbocycles. The minimum atomic E-state index is -0.385. The molecule has 12 heavy (non-hydrogen) atoms. The molecule has 2 heteroatoms. The molecule has 1 unspecified atom stereocenters. The van der Waals surface area contributed by atoms with Gasteiger partial charge < -0.3 is 10.0 Å². The fraction of sp³-hybridized carbons (Fsp3) is 1.00. The molecule has 0 aromatic heterocycles. The highest BCUT2D eigenvalue weighted by Gasteiger charge is 2.35. The molecule has 0 aliphatic carbocycles. The minimum absolute atomic E-state index is 0.385. The quantitative estimate of drug-likeness (QED) is 0.695. The maximum absolute atomic E-state index is 10.1. The topological polar surface area (TPSA) is 23.5 Å². The molecule has 1 N–H and O–H groups in total. The van der Waals surface area contributed by atoms with Crippen LogP contribution in [0.1, 0.15) is 33.6 Å². The Hall–Kier alpha value is -0.0800. The van der Waals surface area contributed by atoms with E-state index in [1.165, 1.54) is 0 Å². The molecule has 0 amide bonds. The third-order valence-electron chi connectivity index (χ3n) is 2.65. The molecule has 0 bridgehead atoms. The van der Waals surface area contributed by atoms with Gasteiger partial charge in [0.25, 0.3) is 0 Å². The summed E-state index contributed by atoms with van der Waals surface area (Å²) in [5.41, 5.74) is -0.385. The van der Waals surface area contributed by atoms with Crippen LogP contribution in [0.25, 0.3) is 0 Å². The van der Waals surface area contributed by atoms with Gasteiger partial charge in [-0.1, -0.05) is 20.8 Å². The first-order valence-corrected chi connectivity index (χ1v) is 5.00. The molecular formula is C10H21NO. The summed E-state index contributed by atoms with van der Waals surface area (Å²) in [6.45, 7) is 9.52. The van der Waals surface area contributed by atoms with E-state index in [9.17, 15) is 5.11 Å². The Morgan fingerprint density at radius 3 is 2.58 bits per heavy atom. The van der Waals surface area contributed by atoms with Crippen molar-refractivity contribution < 1.29 is 5.11 Å². The Labute approximate surface area is 75.6 Å². The van der Waals surface area contributed by atoms with E-state index >= 15 is 0 Å². The van der Waals surface area contributed by atoms with Crippen LogP contribution in [0.15, 0.2) is 0 Å². The number of hydrogen-bond acceptors (Lipinski definition) is 2. The van der Waals surface area contributed by atoms with E-state index in [4.69, 9.17) is 0 Å². The average Bonchev–Trinajstić information content (AvgIpc) is 2.30. The average molecular weight is 171 g/mol. The molecule has 1 saturated heterocycles. The molecule has 0 saturated carbocycles. The number of rotatable bonds is 3. The molecular weight excluding hydrogens is 150 g/mol. The molecule has 1 fully saturated rings. The summed E-state index contributed by atoms with van der Waals surface area (Å²) < 4.78 is 0. The molecule has 1 aliphatic rings. The van der Waals surface area contributed by atoms with E-state index in [1.54, 1.807) is 0 Å². The Bertz CT molecular complexity index is 147. The van der Waals surface area contributed by atoms with Crippen molar-refractivity contribution in [3.05, 3.63) is 0 Å². The summed E-state index contributed by atoms with van der Waals surface area (Å²) in [5, 5.41) is 10.1. The zero-order valence-corrected chi connectivity index (χ0v) is 8.51. The van der Waals surface area contributed by atoms with Gasteiger partial charge in [-0.3, -0.25) is 0 Å². The summed E-state index contributed by atoms with van der Waals surface area (Å²) in [4.78, 5) is 2.32. The lowest BCUT2D eigenvalue weighted by Gasteiger charge is -2.24. The smallest absolute Gasteiger partial charge is 0.0788 e. The number of likely N-dealkylation sites (N-methyl/N-ethyl adjacent to an activating group) is 1. The lowest BCUT2D eigenvalue weighted by Crippen LogP contribution is -2.34. The monoisotopic (exact) mass is 171 g/mol. The van der Waals surface area contributed by atoms with E-state index in [1.807, 2.05) is 0 Å². The maximum atomic E-state index is 10.1. The molecule has 0 aromatic rings. The second-order valence-electron chi connectivity index (χ2n) is 4.44. The van der Waals surface area contributed by atoms with E-state index in [-0.39, 0.29) is 5.60 Å². The maximum Gasteiger partial charge on any atom is 0.0788 e. The zero-order valence-electron chi connectivity index (χ0n) is 8.51. The highest BCUT2D eigenvalue weighted by molar-refractivity contribution is 4.90. The summed E-state index contributed by atoms with van der Waals surface area (Å²) in [6.07, 6.45) is 1.91. The van der Waals surface area contributed by atoms with E-state index < -0.39 is 0 Å². The van der Waals surface area contributed by atoms with Crippen LogP contribution in [0.2, 0.25) is 0 Å². The molecule has 1 heterocycles. The molecule has 72 valence electrons. The van der Waals surface area contributed by atoms with Gasteiger partial charge in [-0.2, -0.15) is 0 Å². The standard InChI is InChI=1S/C10H21NO/c1-4-11-6-5-10(12,8-11)7-9(2)3/h9,12H,4-8H2,1-3H3. The third kappa shape index (κ3) is 2.46. The fourth-order valence-electron chi connectivity index (χ4n) is 2.14. The molecule has 1 atom stereocenters. The van der Waals surface area contributed by atoms with Crippen molar-refractivity contribution in [2.24, 2.45) is 5.92 Å². The molecule has 0 radical (unpaired) electrons. The third-order valence-corrected chi connectivity index (χ3v) is 2.65. The first-order valence-electron chi connectivity index (χ1n) is 5.00. The minimum Gasteiger partial charge on any atom is -0.388 e. The highest BCUT2D eigenvalue weighted by atomic mass is 16.3.